The summed E-state index contributed by atoms with van der Waals surface area (Å²) in [5, 5.41) is 0. The maximum absolute atomic E-state index is 11.3. The van der Waals surface area contributed by atoms with Crippen molar-refractivity contribution in [2.45, 2.75) is 19.0 Å². The van der Waals surface area contributed by atoms with Crippen LogP contribution in [0.5, 0.6) is 0 Å². The van der Waals surface area contributed by atoms with Gasteiger partial charge < -0.3 is 4.90 Å². The molecule has 1 aliphatic heterocycles. The predicted molar refractivity (Wildman–Crippen MR) is 70.9 cm³/mol. The third kappa shape index (κ3) is 1.90. The lowest BCUT2D eigenvalue weighted by Crippen LogP contribution is -2.33. The normalized spacial score (nSPS) is 18.2. The minimum absolute atomic E-state index is 0.165. The van der Waals surface area contributed by atoms with E-state index in [1.807, 2.05) is 29.2 Å². The number of hydrogen-bond donors (Lipinski definition) is 0. The first-order valence-electron chi connectivity index (χ1n) is 6.21. The number of nitrogens with zero attached hydrogens (tertiary/aromatic N) is 1. The molecule has 0 bridgehead atoms. The highest BCUT2D eigenvalue weighted by molar-refractivity contribution is 5.51. The third-order valence-electron chi connectivity index (χ3n) is 3.60. The average Bonchev–Trinajstić information content (AvgIpc) is 2.46. The van der Waals surface area contributed by atoms with Gasteiger partial charge in [-0.15, -0.1) is 0 Å². The van der Waals surface area contributed by atoms with Crippen LogP contribution in [0.3, 0.4) is 0 Å². The molecule has 1 heterocycles. The van der Waals surface area contributed by atoms with Gasteiger partial charge in [-0.2, -0.15) is 0 Å². The zero-order valence-corrected chi connectivity index (χ0v) is 10.1. The monoisotopic (exact) mass is 237 g/mol. The molecule has 0 aliphatic carbocycles. The molecule has 90 valence electrons. The largest absolute Gasteiger partial charge is 0.334 e. The molecule has 0 aromatic heterocycles. The Labute approximate surface area is 107 Å². The zero-order chi connectivity index (χ0) is 12.4. The van der Waals surface area contributed by atoms with E-state index in [1.54, 1.807) is 0 Å². The van der Waals surface area contributed by atoms with Crippen molar-refractivity contribution >= 4 is 6.41 Å². The molecule has 0 N–H and O–H groups in total. The van der Waals surface area contributed by atoms with Gasteiger partial charge in [0.15, 0.2) is 0 Å². The van der Waals surface area contributed by atoms with E-state index in [2.05, 4.69) is 30.3 Å². The molecule has 0 saturated carbocycles. The molecule has 0 saturated heterocycles. The Kier molecular flexibility index (Phi) is 2.85. The number of amides is 1. The SMILES string of the molecule is O=CN1Cc2ccccc2C[C@@H]1c1ccccc1. The molecule has 3 rings (SSSR count). The van der Waals surface area contributed by atoms with Gasteiger partial charge in [-0.3, -0.25) is 4.79 Å². The van der Waals surface area contributed by atoms with Gasteiger partial charge in [0.05, 0.1) is 6.04 Å². The molecule has 18 heavy (non-hydrogen) atoms. The standard InChI is InChI=1S/C16H15NO/c18-12-17-11-15-9-5-4-8-14(15)10-16(17)13-6-2-1-3-7-13/h1-9,12,16H,10-11H2/t16-/m1/s1. The van der Waals surface area contributed by atoms with Crippen molar-refractivity contribution in [3.05, 3.63) is 71.3 Å². The molecule has 2 aromatic carbocycles. The van der Waals surface area contributed by atoms with E-state index in [0.717, 1.165) is 12.8 Å². The van der Waals surface area contributed by atoms with E-state index < -0.39 is 0 Å². The highest BCUT2D eigenvalue weighted by Crippen LogP contribution is 2.31. The first-order valence-corrected chi connectivity index (χ1v) is 6.21. The summed E-state index contributed by atoms with van der Waals surface area (Å²) in [4.78, 5) is 13.2. The summed E-state index contributed by atoms with van der Waals surface area (Å²) >= 11 is 0. The van der Waals surface area contributed by atoms with Crippen LogP contribution in [0.2, 0.25) is 0 Å². The number of hydrogen-bond acceptors (Lipinski definition) is 1. The zero-order valence-electron chi connectivity index (χ0n) is 10.1. The van der Waals surface area contributed by atoms with Crippen LogP contribution in [0.1, 0.15) is 22.7 Å². The lowest BCUT2D eigenvalue weighted by Gasteiger charge is -2.34. The van der Waals surface area contributed by atoms with Crippen molar-refractivity contribution < 1.29 is 4.79 Å². The molecule has 1 aliphatic rings. The molecule has 0 fully saturated rings. The van der Waals surface area contributed by atoms with Crippen LogP contribution in [-0.4, -0.2) is 11.3 Å². The van der Waals surface area contributed by atoms with E-state index in [4.69, 9.17) is 0 Å². The van der Waals surface area contributed by atoms with Crippen molar-refractivity contribution in [2.75, 3.05) is 0 Å². The van der Waals surface area contributed by atoms with Gasteiger partial charge in [-0.05, 0) is 23.1 Å². The summed E-state index contributed by atoms with van der Waals surface area (Å²) in [5.41, 5.74) is 3.82. The third-order valence-corrected chi connectivity index (χ3v) is 3.60. The fraction of sp³-hybridized carbons (Fsp3) is 0.188. The van der Waals surface area contributed by atoms with Gasteiger partial charge in [0.2, 0.25) is 6.41 Å². The second kappa shape index (κ2) is 4.65. The highest BCUT2D eigenvalue weighted by Gasteiger charge is 2.25. The van der Waals surface area contributed by atoms with E-state index >= 15 is 0 Å². The fourth-order valence-corrected chi connectivity index (χ4v) is 2.64. The van der Waals surface area contributed by atoms with Gasteiger partial charge in [0.25, 0.3) is 0 Å². The van der Waals surface area contributed by atoms with Crippen LogP contribution in [0, 0.1) is 0 Å². The molecule has 0 radical (unpaired) electrons. The van der Waals surface area contributed by atoms with Gasteiger partial charge in [0, 0.05) is 6.54 Å². The van der Waals surface area contributed by atoms with Crippen molar-refractivity contribution in [3.8, 4) is 0 Å². The average molecular weight is 237 g/mol. The Bertz CT molecular complexity index is 550. The van der Waals surface area contributed by atoms with E-state index in [9.17, 15) is 4.79 Å². The number of rotatable bonds is 2. The van der Waals surface area contributed by atoms with E-state index in [1.165, 1.54) is 16.7 Å². The van der Waals surface area contributed by atoms with Crippen molar-refractivity contribution in [2.24, 2.45) is 0 Å². The van der Waals surface area contributed by atoms with Gasteiger partial charge in [-0.25, -0.2) is 0 Å². The van der Waals surface area contributed by atoms with E-state index in [0.29, 0.717) is 6.54 Å². The Morgan fingerprint density at radius 3 is 2.33 bits per heavy atom. The summed E-state index contributed by atoms with van der Waals surface area (Å²) in [6.45, 7) is 0.708. The summed E-state index contributed by atoms with van der Waals surface area (Å²) in [6, 6.07) is 18.8. The molecule has 0 spiro atoms. The minimum Gasteiger partial charge on any atom is -0.334 e. The van der Waals surface area contributed by atoms with Gasteiger partial charge in [-0.1, -0.05) is 54.6 Å². The topological polar surface area (TPSA) is 20.3 Å². The summed E-state index contributed by atoms with van der Waals surface area (Å²) in [7, 11) is 0. The Hall–Kier alpha value is -2.09. The summed E-state index contributed by atoms with van der Waals surface area (Å²) in [5.74, 6) is 0. The molecule has 2 nitrogen and oxygen atoms in total. The molecule has 2 heteroatoms. The lowest BCUT2D eigenvalue weighted by molar-refractivity contribution is -0.121. The summed E-state index contributed by atoms with van der Waals surface area (Å²) in [6.07, 6.45) is 1.87. The molecular formula is C16H15NO. The quantitative estimate of drug-likeness (QED) is 0.735. The number of benzene rings is 2. The lowest BCUT2D eigenvalue weighted by atomic mass is 9.90. The maximum atomic E-state index is 11.3. The van der Waals surface area contributed by atoms with Crippen LogP contribution < -0.4 is 0 Å². The molecular weight excluding hydrogens is 222 g/mol. The van der Waals surface area contributed by atoms with Gasteiger partial charge >= 0.3 is 0 Å². The molecule has 2 aromatic rings. The second-order valence-corrected chi connectivity index (χ2v) is 4.68. The number of carbonyl (C=O) groups excluding carboxylic acids is 1. The van der Waals surface area contributed by atoms with Crippen LogP contribution >= 0.6 is 0 Å². The van der Waals surface area contributed by atoms with Crippen LogP contribution in [0.15, 0.2) is 54.6 Å². The first kappa shape index (κ1) is 11.0. The second-order valence-electron chi connectivity index (χ2n) is 4.68. The minimum atomic E-state index is 0.165. The fourth-order valence-electron chi connectivity index (χ4n) is 2.64. The molecule has 1 amide bonds. The Morgan fingerprint density at radius 1 is 0.944 bits per heavy atom. The number of fused-ring (bicyclic) bond motifs is 1. The Morgan fingerprint density at radius 2 is 1.61 bits per heavy atom. The van der Waals surface area contributed by atoms with Crippen LogP contribution in [0.25, 0.3) is 0 Å². The number of carbonyl (C=O) groups is 1. The van der Waals surface area contributed by atoms with E-state index in [-0.39, 0.29) is 6.04 Å². The van der Waals surface area contributed by atoms with Crippen molar-refractivity contribution in [3.63, 3.8) is 0 Å². The molecule has 0 unspecified atom stereocenters. The van der Waals surface area contributed by atoms with Crippen LogP contribution in [-0.2, 0) is 17.8 Å². The van der Waals surface area contributed by atoms with Crippen molar-refractivity contribution in [1.29, 1.82) is 0 Å². The summed E-state index contributed by atoms with van der Waals surface area (Å²) < 4.78 is 0. The smallest absolute Gasteiger partial charge is 0.210 e. The van der Waals surface area contributed by atoms with Gasteiger partial charge in [0.1, 0.15) is 0 Å². The maximum Gasteiger partial charge on any atom is 0.210 e. The first-order chi connectivity index (χ1) is 8.88. The van der Waals surface area contributed by atoms with Crippen LogP contribution in [0.4, 0.5) is 0 Å². The molecule has 1 atom stereocenters. The van der Waals surface area contributed by atoms with Crippen molar-refractivity contribution in [1.82, 2.24) is 4.90 Å². The predicted octanol–water partition coefficient (Wildman–Crippen LogP) is 2.94. The Balaban J connectivity index is 1.98. The highest BCUT2D eigenvalue weighted by atomic mass is 16.1.